The Morgan fingerprint density at radius 1 is 1.09 bits per heavy atom. The lowest BCUT2D eigenvalue weighted by atomic mass is 9.89. The predicted octanol–water partition coefficient (Wildman–Crippen LogP) is 5.28. The normalized spacial score (nSPS) is 22.7. The van der Waals surface area contributed by atoms with Gasteiger partial charge in [0.25, 0.3) is 5.91 Å². The second-order valence-electron chi connectivity index (χ2n) is 8.83. The van der Waals surface area contributed by atoms with E-state index in [9.17, 15) is 14.7 Å². The average Bonchev–Trinajstić information content (AvgIpc) is 3.45. The Kier molecular flexibility index (Phi) is 6.34. The van der Waals surface area contributed by atoms with E-state index in [0.29, 0.717) is 22.5 Å². The van der Waals surface area contributed by atoms with Crippen LogP contribution in [0.1, 0.15) is 42.5 Å². The Balaban J connectivity index is 1.62. The first kappa shape index (κ1) is 22.9. The Hall–Kier alpha value is -2.87. The zero-order valence-electron chi connectivity index (χ0n) is 18.2. The number of ether oxygens (including phenoxy) is 1. The SMILES string of the molecule is O=C(O)C[C@@H]1O[C@H](c2cc(Cl)cc(-c3cn[nH]c3)c2)[C@@H](c2ccc(Cl)cc2)N(CC2CC2)C1=O. The number of nitrogens with zero attached hydrogens (tertiary/aromatic N) is 2. The molecule has 1 amide bonds. The minimum absolute atomic E-state index is 0.303. The van der Waals surface area contributed by atoms with Crippen LogP contribution in [0.25, 0.3) is 11.1 Å². The van der Waals surface area contributed by atoms with Crippen LogP contribution in [-0.2, 0) is 14.3 Å². The largest absolute Gasteiger partial charge is 0.481 e. The van der Waals surface area contributed by atoms with Gasteiger partial charge in [-0.2, -0.15) is 5.10 Å². The van der Waals surface area contributed by atoms with Crippen LogP contribution in [-0.4, -0.2) is 44.7 Å². The quantitative estimate of drug-likeness (QED) is 0.461. The second kappa shape index (κ2) is 9.41. The maximum absolute atomic E-state index is 13.4. The molecule has 0 unspecified atom stereocenters. The third kappa shape index (κ3) is 4.82. The number of carbonyl (C=O) groups excluding carboxylic acids is 1. The lowest BCUT2D eigenvalue weighted by Gasteiger charge is -2.45. The fourth-order valence-corrected chi connectivity index (χ4v) is 4.87. The molecule has 7 nitrogen and oxygen atoms in total. The van der Waals surface area contributed by atoms with Crippen LogP contribution >= 0.6 is 23.2 Å². The Morgan fingerprint density at radius 3 is 2.50 bits per heavy atom. The minimum atomic E-state index is -1.08. The van der Waals surface area contributed by atoms with Crippen molar-refractivity contribution in [2.45, 2.75) is 37.5 Å². The molecule has 1 aliphatic carbocycles. The number of carboxylic acids is 1. The summed E-state index contributed by atoms with van der Waals surface area (Å²) in [5.41, 5.74) is 3.32. The van der Waals surface area contributed by atoms with E-state index in [1.807, 2.05) is 30.3 Å². The molecule has 1 aromatic heterocycles. The van der Waals surface area contributed by atoms with E-state index < -0.39 is 30.6 Å². The molecule has 9 heteroatoms. The molecule has 2 aliphatic rings. The molecular weight excluding hydrogens is 477 g/mol. The topological polar surface area (TPSA) is 95.5 Å². The Labute approximate surface area is 206 Å². The van der Waals surface area contributed by atoms with E-state index in [0.717, 1.165) is 35.1 Å². The van der Waals surface area contributed by atoms with Crippen molar-refractivity contribution in [3.63, 3.8) is 0 Å². The van der Waals surface area contributed by atoms with Crippen LogP contribution in [0, 0.1) is 5.92 Å². The van der Waals surface area contributed by atoms with E-state index in [2.05, 4.69) is 10.2 Å². The summed E-state index contributed by atoms with van der Waals surface area (Å²) in [6, 6.07) is 12.5. The average molecular weight is 500 g/mol. The number of aromatic nitrogens is 2. The van der Waals surface area contributed by atoms with Gasteiger partial charge in [0.15, 0.2) is 0 Å². The molecule has 5 rings (SSSR count). The minimum Gasteiger partial charge on any atom is -0.481 e. The molecule has 34 heavy (non-hydrogen) atoms. The van der Waals surface area contributed by atoms with Crippen LogP contribution in [0.15, 0.2) is 54.9 Å². The summed E-state index contributed by atoms with van der Waals surface area (Å²) in [6.07, 6.45) is 3.46. The number of carbonyl (C=O) groups is 2. The molecular formula is C25H23Cl2N3O4. The van der Waals surface area contributed by atoms with Gasteiger partial charge in [-0.3, -0.25) is 14.7 Å². The molecule has 3 atom stereocenters. The van der Waals surface area contributed by atoms with Crippen molar-refractivity contribution in [3.05, 3.63) is 76.0 Å². The summed E-state index contributed by atoms with van der Waals surface area (Å²) >= 11 is 12.6. The lowest BCUT2D eigenvalue weighted by Crippen LogP contribution is -2.52. The van der Waals surface area contributed by atoms with Crippen LogP contribution in [0.5, 0.6) is 0 Å². The molecule has 1 saturated heterocycles. The van der Waals surface area contributed by atoms with Gasteiger partial charge in [0, 0.05) is 28.4 Å². The zero-order valence-corrected chi connectivity index (χ0v) is 19.7. The molecule has 2 fully saturated rings. The van der Waals surface area contributed by atoms with Gasteiger partial charge in [0.1, 0.15) is 12.2 Å². The van der Waals surface area contributed by atoms with E-state index in [-0.39, 0.29) is 5.91 Å². The van der Waals surface area contributed by atoms with E-state index >= 15 is 0 Å². The van der Waals surface area contributed by atoms with Crippen LogP contribution in [0.2, 0.25) is 10.0 Å². The van der Waals surface area contributed by atoms with E-state index in [4.69, 9.17) is 27.9 Å². The number of carboxylic acid groups (broad SMARTS) is 1. The molecule has 2 heterocycles. The van der Waals surface area contributed by atoms with Crippen molar-refractivity contribution in [2.75, 3.05) is 6.54 Å². The summed E-state index contributed by atoms with van der Waals surface area (Å²) in [6.45, 7) is 0.553. The molecule has 2 aromatic carbocycles. The van der Waals surface area contributed by atoms with Crippen molar-refractivity contribution >= 4 is 35.1 Å². The fourth-order valence-electron chi connectivity index (χ4n) is 4.50. The Bertz CT molecular complexity index is 1200. The summed E-state index contributed by atoms with van der Waals surface area (Å²) in [5, 5.41) is 17.4. The lowest BCUT2D eigenvalue weighted by molar-refractivity contribution is -0.179. The smallest absolute Gasteiger partial charge is 0.306 e. The van der Waals surface area contributed by atoms with Crippen molar-refractivity contribution in [1.82, 2.24) is 15.1 Å². The number of morpholine rings is 1. The molecule has 2 N–H and O–H groups in total. The number of hydrogen-bond acceptors (Lipinski definition) is 4. The molecule has 3 aromatic rings. The molecule has 176 valence electrons. The number of aliphatic carboxylic acids is 1. The van der Waals surface area contributed by atoms with Crippen molar-refractivity contribution in [3.8, 4) is 11.1 Å². The molecule has 1 saturated carbocycles. The summed E-state index contributed by atoms with van der Waals surface area (Å²) in [7, 11) is 0. The van der Waals surface area contributed by atoms with Crippen molar-refractivity contribution in [2.24, 2.45) is 5.92 Å². The van der Waals surface area contributed by atoms with Crippen LogP contribution < -0.4 is 0 Å². The number of aromatic amines is 1. The first-order valence-corrected chi connectivity index (χ1v) is 11.9. The van der Waals surface area contributed by atoms with E-state index in [1.54, 1.807) is 29.4 Å². The summed E-state index contributed by atoms with van der Waals surface area (Å²) < 4.78 is 6.27. The number of nitrogens with one attached hydrogen (secondary N) is 1. The molecule has 0 spiro atoms. The van der Waals surface area contributed by atoms with Gasteiger partial charge in [0.2, 0.25) is 0 Å². The summed E-state index contributed by atoms with van der Waals surface area (Å²) in [5.74, 6) is -0.981. The number of rotatable bonds is 7. The third-order valence-electron chi connectivity index (χ3n) is 6.30. The van der Waals surface area contributed by atoms with Crippen LogP contribution in [0.4, 0.5) is 0 Å². The van der Waals surface area contributed by atoms with Crippen LogP contribution in [0.3, 0.4) is 0 Å². The maximum Gasteiger partial charge on any atom is 0.306 e. The number of hydrogen-bond donors (Lipinski definition) is 2. The molecule has 0 radical (unpaired) electrons. The number of amides is 1. The molecule has 1 aliphatic heterocycles. The van der Waals surface area contributed by atoms with Gasteiger partial charge in [0.05, 0.1) is 18.7 Å². The van der Waals surface area contributed by atoms with Gasteiger partial charge in [-0.05, 0) is 65.8 Å². The predicted molar refractivity (Wildman–Crippen MR) is 128 cm³/mol. The number of H-pyrrole nitrogens is 1. The van der Waals surface area contributed by atoms with Crippen molar-refractivity contribution < 1.29 is 19.4 Å². The highest BCUT2D eigenvalue weighted by molar-refractivity contribution is 6.31. The van der Waals surface area contributed by atoms with Gasteiger partial charge >= 0.3 is 5.97 Å². The highest BCUT2D eigenvalue weighted by atomic mass is 35.5. The standard InChI is InChI=1S/C25H23Cl2N3O4/c26-19-5-3-15(4-6-19)23-24(17-7-16(8-20(27)9-17)18-11-28-29-12-18)34-21(10-22(31)32)25(33)30(23)13-14-1-2-14/h3-9,11-12,14,21,23-24H,1-2,10,13H2,(H,28,29)(H,31,32)/t21-,23+,24+/m0/s1. The monoisotopic (exact) mass is 499 g/mol. The van der Waals surface area contributed by atoms with E-state index in [1.165, 1.54) is 0 Å². The van der Waals surface area contributed by atoms with Crippen molar-refractivity contribution in [1.29, 1.82) is 0 Å². The summed E-state index contributed by atoms with van der Waals surface area (Å²) in [4.78, 5) is 26.8. The van der Waals surface area contributed by atoms with Gasteiger partial charge < -0.3 is 14.7 Å². The first-order valence-electron chi connectivity index (χ1n) is 11.1. The Morgan fingerprint density at radius 2 is 1.85 bits per heavy atom. The first-order chi connectivity index (χ1) is 16.4. The third-order valence-corrected chi connectivity index (χ3v) is 6.77. The zero-order chi connectivity index (χ0) is 23.8. The fraction of sp³-hybridized carbons (Fsp3) is 0.320. The van der Waals surface area contributed by atoms with Gasteiger partial charge in [-0.25, -0.2) is 0 Å². The van der Waals surface area contributed by atoms with Gasteiger partial charge in [-0.15, -0.1) is 0 Å². The maximum atomic E-state index is 13.4. The number of benzene rings is 2. The number of halogens is 2. The highest BCUT2D eigenvalue weighted by Crippen LogP contribution is 2.46. The molecule has 0 bridgehead atoms. The second-order valence-corrected chi connectivity index (χ2v) is 9.71. The van der Waals surface area contributed by atoms with Gasteiger partial charge in [-0.1, -0.05) is 35.3 Å². The highest BCUT2D eigenvalue weighted by Gasteiger charge is 2.46.